The monoisotopic (exact) mass is 545 g/mol. The maximum absolute atomic E-state index is 10.2. The number of nitrogens with one attached hydrogen (secondary N) is 2. The van der Waals surface area contributed by atoms with Gasteiger partial charge in [0.1, 0.15) is 11.6 Å². The van der Waals surface area contributed by atoms with Crippen LogP contribution in [-0.4, -0.2) is 48.1 Å². The molecule has 0 heterocycles. The lowest BCUT2D eigenvalue weighted by molar-refractivity contribution is 0.331. The third kappa shape index (κ3) is 11.0. The first kappa shape index (κ1) is 32.2. The van der Waals surface area contributed by atoms with Gasteiger partial charge in [0.15, 0.2) is 0 Å². The van der Waals surface area contributed by atoms with Crippen LogP contribution in [0.3, 0.4) is 0 Å². The van der Waals surface area contributed by atoms with Crippen molar-refractivity contribution in [2.75, 3.05) is 19.6 Å². The quantitative estimate of drug-likeness (QED) is 0.0985. The molecule has 40 heavy (non-hydrogen) atoms. The van der Waals surface area contributed by atoms with E-state index in [0.717, 1.165) is 44.2 Å². The summed E-state index contributed by atoms with van der Waals surface area (Å²) in [5.41, 5.74) is 20.7. The molecule has 0 atom stereocenters. The fourth-order valence-electron chi connectivity index (χ4n) is 4.63. The van der Waals surface area contributed by atoms with Gasteiger partial charge >= 0.3 is 0 Å². The summed E-state index contributed by atoms with van der Waals surface area (Å²) in [6.45, 7) is 7.73. The number of unbranched alkanes of at least 4 members (excludes halogenated alkanes) is 1. The molecular weight excluding hydrogens is 498 g/mol. The van der Waals surface area contributed by atoms with E-state index in [0.29, 0.717) is 42.0 Å². The number of rotatable bonds is 16. The molecule has 1 aromatic rings. The molecule has 0 aromatic heterocycles. The molecule has 1 aliphatic carbocycles. The molecule has 0 radical (unpaired) electrons. The van der Waals surface area contributed by atoms with E-state index >= 15 is 0 Å². The SMILES string of the molecule is C=C/C=C\CN(CC=N/C=C(\C=N)C1CCC(NC/C=C\CCC)CC1)C(/C=C(\N)c1ccccc1O)=C(N)N. The number of aromatic hydroxyl groups is 1. The average molecular weight is 546 g/mol. The second-order valence-corrected chi connectivity index (χ2v) is 9.85. The molecule has 8 nitrogen and oxygen atoms in total. The van der Waals surface area contributed by atoms with Crippen LogP contribution in [0.15, 0.2) is 95.6 Å². The van der Waals surface area contributed by atoms with Gasteiger partial charge in [-0.05, 0) is 61.8 Å². The molecular formula is C32H47N7O. The highest BCUT2D eigenvalue weighted by molar-refractivity contribution is 5.77. The molecule has 0 spiro atoms. The topological polar surface area (TPSA) is 150 Å². The van der Waals surface area contributed by atoms with Crippen LogP contribution in [0.4, 0.5) is 0 Å². The maximum Gasteiger partial charge on any atom is 0.124 e. The largest absolute Gasteiger partial charge is 0.507 e. The molecule has 0 amide bonds. The van der Waals surface area contributed by atoms with Gasteiger partial charge in [-0.15, -0.1) is 0 Å². The van der Waals surface area contributed by atoms with Crippen molar-refractivity contribution in [2.45, 2.75) is 51.5 Å². The molecule has 1 aromatic carbocycles. The van der Waals surface area contributed by atoms with Crippen molar-refractivity contribution in [3.63, 3.8) is 0 Å². The number of nitrogens with two attached hydrogens (primary N) is 3. The van der Waals surface area contributed by atoms with Crippen LogP contribution in [0.2, 0.25) is 0 Å². The second kappa shape index (κ2) is 18.3. The highest BCUT2D eigenvalue weighted by Gasteiger charge is 2.22. The van der Waals surface area contributed by atoms with E-state index in [2.05, 4.69) is 36.0 Å². The van der Waals surface area contributed by atoms with E-state index in [1.807, 2.05) is 17.1 Å². The Morgan fingerprint density at radius 3 is 2.52 bits per heavy atom. The van der Waals surface area contributed by atoms with Gasteiger partial charge in [0.2, 0.25) is 0 Å². The van der Waals surface area contributed by atoms with Crippen molar-refractivity contribution in [1.82, 2.24) is 10.2 Å². The van der Waals surface area contributed by atoms with Crippen LogP contribution in [0.1, 0.15) is 51.0 Å². The molecule has 2 rings (SSSR count). The highest BCUT2D eigenvalue weighted by Crippen LogP contribution is 2.29. The van der Waals surface area contributed by atoms with Gasteiger partial charge in [0.25, 0.3) is 0 Å². The zero-order chi connectivity index (χ0) is 29.2. The summed E-state index contributed by atoms with van der Waals surface area (Å²) in [5.74, 6) is 0.510. The Labute approximate surface area is 239 Å². The number of nitrogens with zero attached hydrogens (tertiary/aromatic N) is 2. The fourth-order valence-corrected chi connectivity index (χ4v) is 4.63. The summed E-state index contributed by atoms with van der Waals surface area (Å²) >= 11 is 0. The van der Waals surface area contributed by atoms with Crippen molar-refractivity contribution in [2.24, 2.45) is 28.1 Å². The molecule has 0 saturated heterocycles. The molecule has 8 heteroatoms. The van der Waals surface area contributed by atoms with E-state index < -0.39 is 0 Å². The first-order chi connectivity index (χ1) is 19.4. The summed E-state index contributed by atoms with van der Waals surface area (Å²) in [6, 6.07) is 7.36. The zero-order valence-electron chi connectivity index (χ0n) is 23.8. The van der Waals surface area contributed by atoms with E-state index in [-0.39, 0.29) is 11.6 Å². The van der Waals surface area contributed by atoms with E-state index in [4.69, 9.17) is 22.6 Å². The van der Waals surface area contributed by atoms with E-state index in [1.165, 1.54) is 12.6 Å². The Morgan fingerprint density at radius 2 is 1.88 bits per heavy atom. The zero-order valence-corrected chi connectivity index (χ0v) is 23.8. The first-order valence-corrected chi connectivity index (χ1v) is 14.0. The predicted molar refractivity (Wildman–Crippen MR) is 170 cm³/mol. The summed E-state index contributed by atoms with van der Waals surface area (Å²) in [4.78, 5) is 6.46. The second-order valence-electron chi connectivity index (χ2n) is 9.85. The lowest BCUT2D eigenvalue weighted by Gasteiger charge is -2.29. The highest BCUT2D eigenvalue weighted by atomic mass is 16.3. The van der Waals surface area contributed by atoms with E-state index in [9.17, 15) is 5.11 Å². The Balaban J connectivity index is 2.08. The third-order valence-corrected chi connectivity index (χ3v) is 6.88. The number of phenolic OH excluding ortho intramolecular Hbond substituents is 1. The molecule has 1 fully saturated rings. The molecule has 0 aliphatic heterocycles. The first-order valence-electron chi connectivity index (χ1n) is 14.0. The number of aliphatic imine (C=N–C) groups is 1. The maximum atomic E-state index is 10.2. The molecule has 0 bridgehead atoms. The molecule has 1 aliphatic rings. The van der Waals surface area contributed by atoms with Crippen molar-refractivity contribution in [3.8, 4) is 5.75 Å². The number of hydrogen-bond donors (Lipinski definition) is 6. The average Bonchev–Trinajstić information content (AvgIpc) is 2.95. The molecule has 216 valence electrons. The summed E-state index contributed by atoms with van der Waals surface area (Å²) in [5, 5.41) is 21.8. The smallest absolute Gasteiger partial charge is 0.124 e. The van der Waals surface area contributed by atoms with Crippen molar-refractivity contribution < 1.29 is 5.11 Å². The number of para-hydroxylation sites is 1. The van der Waals surface area contributed by atoms with Gasteiger partial charge in [-0.3, -0.25) is 4.99 Å². The van der Waals surface area contributed by atoms with Gasteiger partial charge in [0.05, 0.1) is 12.2 Å². The van der Waals surface area contributed by atoms with Crippen LogP contribution in [0.25, 0.3) is 5.70 Å². The standard InChI is InChI=1S/C32H47N7O/c1-3-5-7-10-18-38-27-16-14-25(15-17-27)26(23-33)24-37-19-21-39(20-11-6-4-2)30(32(35)36)22-29(34)28-12-8-9-13-31(28)40/h4,6-13,19,22-25,27,33,38,40H,2-3,5,14-18,20-21,34-36H2,1H3/b10-7-,11-6-,26-24+,29-22-,33-23?,37-19?. The minimum atomic E-state index is 0.0730. The summed E-state index contributed by atoms with van der Waals surface area (Å²) < 4.78 is 0. The molecule has 9 N–H and O–H groups in total. The Morgan fingerprint density at radius 1 is 1.12 bits per heavy atom. The van der Waals surface area contributed by atoms with Gasteiger partial charge in [0, 0.05) is 49.0 Å². The lowest BCUT2D eigenvalue weighted by Crippen LogP contribution is -2.33. The van der Waals surface area contributed by atoms with Gasteiger partial charge < -0.3 is 37.9 Å². The Hall–Kier alpha value is -4.04. The minimum absolute atomic E-state index is 0.0730. The lowest BCUT2D eigenvalue weighted by atomic mass is 9.82. The van der Waals surface area contributed by atoms with Gasteiger partial charge in [-0.1, -0.05) is 62.4 Å². The van der Waals surface area contributed by atoms with Crippen molar-refractivity contribution in [1.29, 1.82) is 5.41 Å². The predicted octanol–water partition coefficient (Wildman–Crippen LogP) is 4.93. The number of benzene rings is 1. The van der Waals surface area contributed by atoms with Gasteiger partial charge in [-0.25, -0.2) is 0 Å². The van der Waals surface area contributed by atoms with Crippen LogP contribution in [0, 0.1) is 11.3 Å². The Bertz CT molecular complexity index is 1120. The summed E-state index contributed by atoms with van der Waals surface area (Å²) in [7, 11) is 0. The molecule has 0 unspecified atom stereocenters. The number of hydrogen-bond acceptors (Lipinski definition) is 8. The van der Waals surface area contributed by atoms with Crippen LogP contribution in [-0.2, 0) is 0 Å². The van der Waals surface area contributed by atoms with Crippen molar-refractivity contribution in [3.05, 3.63) is 96.2 Å². The third-order valence-electron chi connectivity index (χ3n) is 6.88. The van der Waals surface area contributed by atoms with Crippen LogP contribution in [0.5, 0.6) is 5.75 Å². The van der Waals surface area contributed by atoms with Crippen LogP contribution < -0.4 is 22.5 Å². The minimum Gasteiger partial charge on any atom is -0.507 e. The van der Waals surface area contributed by atoms with Crippen molar-refractivity contribution >= 4 is 18.1 Å². The van der Waals surface area contributed by atoms with E-state index in [1.54, 1.807) is 48.8 Å². The van der Waals surface area contributed by atoms with Crippen LogP contribution >= 0.6 is 0 Å². The number of phenols is 1. The fraction of sp³-hybridized carbons (Fsp3) is 0.375. The number of allylic oxidation sites excluding steroid dienone is 5. The van der Waals surface area contributed by atoms with Gasteiger partial charge in [-0.2, -0.15) is 0 Å². The normalized spacial score (nSPS) is 18.4. The summed E-state index contributed by atoms with van der Waals surface area (Å²) in [6.07, 6.45) is 23.1. The Kier molecular flexibility index (Phi) is 14.7. The molecule has 1 saturated carbocycles.